The first-order valence-electron chi connectivity index (χ1n) is 10.6. The molecule has 2 N–H and O–H groups in total. The summed E-state index contributed by atoms with van der Waals surface area (Å²) in [6.45, 7) is 0.928. The molecule has 0 unspecified atom stereocenters. The first-order valence-corrected chi connectivity index (χ1v) is 14.0. The number of sulfone groups is 1. The maximum Gasteiger partial charge on any atom is 0.304 e. The highest BCUT2D eigenvalue weighted by molar-refractivity contribution is 8.01. The molecule has 1 aliphatic carbocycles. The normalized spacial score (nSPS) is 18.6. The number of oxime groups is 1. The number of rotatable bonds is 11. The van der Waals surface area contributed by atoms with Gasteiger partial charge in [-0.25, -0.2) is 13.4 Å². The van der Waals surface area contributed by atoms with Crippen molar-refractivity contribution in [3.63, 3.8) is 0 Å². The van der Waals surface area contributed by atoms with Gasteiger partial charge in [0.1, 0.15) is 0 Å². The zero-order valence-corrected chi connectivity index (χ0v) is 20.5. The number of thiazole rings is 1. The Morgan fingerprint density at radius 2 is 2.03 bits per heavy atom. The minimum Gasteiger partial charge on any atom is -0.481 e. The van der Waals surface area contributed by atoms with Crippen molar-refractivity contribution in [2.75, 3.05) is 24.3 Å². The predicted octanol–water partition coefficient (Wildman–Crippen LogP) is 2.79. The van der Waals surface area contributed by atoms with Gasteiger partial charge in [0.15, 0.2) is 26.8 Å². The van der Waals surface area contributed by atoms with E-state index in [1.165, 1.54) is 47.4 Å². The quantitative estimate of drug-likeness (QED) is 0.257. The molecule has 13 heteroatoms. The van der Waals surface area contributed by atoms with E-state index in [0.717, 1.165) is 4.21 Å². The van der Waals surface area contributed by atoms with Crippen molar-refractivity contribution in [2.24, 2.45) is 5.16 Å². The molecule has 1 aromatic heterocycles. The summed E-state index contributed by atoms with van der Waals surface area (Å²) < 4.78 is 31.0. The molecule has 1 amide bonds. The van der Waals surface area contributed by atoms with Gasteiger partial charge >= 0.3 is 5.97 Å². The lowest BCUT2D eigenvalue weighted by Gasteiger charge is -2.10. The Morgan fingerprint density at radius 3 is 2.68 bits per heavy atom. The summed E-state index contributed by atoms with van der Waals surface area (Å²) in [6, 6.07) is 6.03. The van der Waals surface area contributed by atoms with Crippen LogP contribution in [0.5, 0.6) is 0 Å². The van der Waals surface area contributed by atoms with Gasteiger partial charge in [0.2, 0.25) is 0 Å². The van der Waals surface area contributed by atoms with Crippen molar-refractivity contribution in [3.8, 4) is 0 Å². The molecular formula is C21H23N3O7S3. The molecule has 1 aliphatic heterocycles. The smallest absolute Gasteiger partial charge is 0.304 e. The number of hydrogen-bond donors (Lipinski definition) is 2. The van der Waals surface area contributed by atoms with Crippen LogP contribution in [0, 0.1) is 0 Å². The molecule has 2 heterocycles. The number of nitrogens with zero attached hydrogens (tertiary/aromatic N) is 2. The van der Waals surface area contributed by atoms with Crippen LogP contribution in [0.25, 0.3) is 0 Å². The Balaban J connectivity index is 1.49. The fourth-order valence-electron chi connectivity index (χ4n) is 3.10. The third kappa shape index (κ3) is 6.34. The van der Waals surface area contributed by atoms with Gasteiger partial charge in [-0.05, 0) is 25.0 Å². The van der Waals surface area contributed by atoms with E-state index in [1.807, 2.05) is 0 Å². The predicted molar refractivity (Wildman–Crippen MR) is 127 cm³/mol. The fourth-order valence-corrected chi connectivity index (χ4v) is 6.63. The molecule has 1 atom stereocenters. The van der Waals surface area contributed by atoms with Gasteiger partial charge in [0, 0.05) is 17.7 Å². The summed E-state index contributed by atoms with van der Waals surface area (Å²) in [5.74, 6) is -1.05. The first kappa shape index (κ1) is 24.6. The number of carboxylic acid groups (broad SMARTS) is 1. The molecule has 4 rings (SSSR count). The lowest BCUT2D eigenvalue weighted by Crippen LogP contribution is -2.25. The summed E-state index contributed by atoms with van der Waals surface area (Å²) in [6.07, 6.45) is 3.31. The number of carboxylic acids is 1. The summed E-state index contributed by atoms with van der Waals surface area (Å²) in [7, 11) is -3.35. The van der Waals surface area contributed by atoms with E-state index < -0.39 is 21.7 Å². The van der Waals surface area contributed by atoms with Crippen LogP contribution in [0.3, 0.4) is 0 Å². The van der Waals surface area contributed by atoms with E-state index in [4.69, 9.17) is 14.7 Å². The van der Waals surface area contributed by atoms with E-state index in [9.17, 15) is 18.0 Å². The van der Waals surface area contributed by atoms with Gasteiger partial charge in [-0.15, -0.1) is 11.8 Å². The Kier molecular flexibility index (Phi) is 7.86. The number of anilines is 1. The maximum absolute atomic E-state index is 13.0. The van der Waals surface area contributed by atoms with Crippen molar-refractivity contribution in [3.05, 3.63) is 36.0 Å². The topological polar surface area (TPSA) is 144 Å². The molecule has 182 valence electrons. The number of thioether (sulfide) groups is 1. The van der Waals surface area contributed by atoms with E-state index in [-0.39, 0.29) is 28.4 Å². The number of nitrogens with one attached hydrogen (secondary N) is 1. The number of carbonyl (C=O) groups excluding carboxylic acids is 1. The van der Waals surface area contributed by atoms with Gasteiger partial charge in [-0.2, -0.15) is 0 Å². The average Bonchev–Trinajstić information content (AvgIpc) is 3.38. The second-order valence-corrected chi connectivity index (χ2v) is 12.4. The van der Waals surface area contributed by atoms with Crippen LogP contribution in [-0.4, -0.2) is 66.4 Å². The minimum absolute atomic E-state index is 0.0162. The molecule has 0 radical (unpaired) electrons. The van der Waals surface area contributed by atoms with E-state index in [1.54, 1.807) is 6.20 Å². The summed E-state index contributed by atoms with van der Waals surface area (Å²) in [5, 5.41) is 15.5. The van der Waals surface area contributed by atoms with Gasteiger partial charge < -0.3 is 14.7 Å². The van der Waals surface area contributed by atoms with Gasteiger partial charge in [0.25, 0.3) is 5.91 Å². The van der Waals surface area contributed by atoms with Crippen molar-refractivity contribution < 1.29 is 32.7 Å². The third-order valence-electron chi connectivity index (χ3n) is 5.08. The van der Waals surface area contributed by atoms with Crippen LogP contribution in [0.2, 0.25) is 0 Å². The number of amides is 1. The summed E-state index contributed by atoms with van der Waals surface area (Å²) in [5.41, 5.74) is 0.385. The molecule has 10 nitrogen and oxygen atoms in total. The Labute approximate surface area is 204 Å². The van der Waals surface area contributed by atoms with Crippen molar-refractivity contribution in [1.29, 1.82) is 0 Å². The molecular weight excluding hydrogens is 502 g/mol. The SMILES string of the molecule is O=C(O)CCSc1cnc(NC(=O)C(=NO[C@@H]2CCOC2)c2ccc(S(=O)(=O)C3CC3)cc2)s1. The van der Waals surface area contributed by atoms with Gasteiger partial charge in [-0.1, -0.05) is 28.6 Å². The number of ether oxygens (including phenoxy) is 1. The lowest BCUT2D eigenvalue weighted by atomic mass is 10.1. The fraction of sp³-hybridized carbons (Fsp3) is 0.429. The first-order chi connectivity index (χ1) is 16.3. The minimum atomic E-state index is -3.35. The lowest BCUT2D eigenvalue weighted by molar-refractivity contribution is -0.136. The molecule has 2 aromatic rings. The Hall–Kier alpha value is -2.48. The molecule has 34 heavy (non-hydrogen) atoms. The summed E-state index contributed by atoms with van der Waals surface area (Å²) in [4.78, 5) is 33.6. The van der Waals surface area contributed by atoms with Crippen molar-refractivity contribution in [1.82, 2.24) is 4.98 Å². The molecule has 1 saturated carbocycles. The number of carbonyl (C=O) groups is 2. The van der Waals surface area contributed by atoms with Crippen molar-refractivity contribution >= 4 is 55.7 Å². The molecule has 2 fully saturated rings. The highest BCUT2D eigenvalue weighted by Crippen LogP contribution is 2.33. The highest BCUT2D eigenvalue weighted by atomic mass is 32.2. The molecule has 0 bridgehead atoms. The second-order valence-electron chi connectivity index (χ2n) is 7.73. The molecule has 2 aliphatic rings. The van der Waals surface area contributed by atoms with Crippen LogP contribution >= 0.6 is 23.1 Å². The molecule has 1 aromatic carbocycles. The largest absolute Gasteiger partial charge is 0.481 e. The zero-order valence-electron chi connectivity index (χ0n) is 18.0. The van der Waals surface area contributed by atoms with Crippen LogP contribution in [0.15, 0.2) is 44.7 Å². The Morgan fingerprint density at radius 1 is 1.26 bits per heavy atom. The monoisotopic (exact) mass is 525 g/mol. The third-order valence-corrected chi connectivity index (χ3v) is 9.47. The van der Waals surface area contributed by atoms with E-state index >= 15 is 0 Å². The highest BCUT2D eigenvalue weighted by Gasteiger charge is 2.36. The maximum atomic E-state index is 13.0. The number of hydrogen-bond acceptors (Lipinski definition) is 10. The second kappa shape index (κ2) is 10.8. The van der Waals surface area contributed by atoms with Gasteiger partial charge in [-0.3, -0.25) is 14.9 Å². The van der Waals surface area contributed by atoms with Crippen LogP contribution in [-0.2, 0) is 29.0 Å². The van der Waals surface area contributed by atoms with Crippen LogP contribution in [0.4, 0.5) is 5.13 Å². The van der Waals surface area contributed by atoms with Crippen LogP contribution < -0.4 is 5.32 Å². The average molecular weight is 526 g/mol. The van der Waals surface area contributed by atoms with E-state index in [0.29, 0.717) is 48.9 Å². The number of aliphatic carboxylic acids is 1. The van der Waals surface area contributed by atoms with Gasteiger partial charge in [0.05, 0.1) is 40.2 Å². The Bertz CT molecular complexity index is 1170. The van der Waals surface area contributed by atoms with E-state index in [2.05, 4.69) is 15.5 Å². The zero-order chi connectivity index (χ0) is 24.1. The number of aromatic nitrogens is 1. The molecule has 0 spiro atoms. The van der Waals surface area contributed by atoms with Crippen molar-refractivity contribution in [2.45, 2.75) is 46.1 Å². The number of benzene rings is 1. The summed E-state index contributed by atoms with van der Waals surface area (Å²) >= 11 is 2.55. The molecule has 1 saturated heterocycles. The van der Waals surface area contributed by atoms with Crippen LogP contribution in [0.1, 0.15) is 31.2 Å². The standard InChI is InChI=1S/C21H23N3O7S3/c25-17(26)8-10-32-18-11-22-21(33-18)23-20(27)19(24-31-14-7-9-30-12-14)13-1-3-15(4-2-13)34(28,29)16-5-6-16/h1-4,11,14,16H,5-10,12H2,(H,25,26)(H,22,23,27)/t14-/m1/s1.